The molecular formula is C63H117NO18. The molecule has 1 amide bonds. The second-order valence-electron chi connectivity index (χ2n) is 23.6. The third-order valence-corrected chi connectivity index (χ3v) is 16.5. The van der Waals surface area contributed by atoms with Crippen molar-refractivity contribution < 1.29 is 89.4 Å². The summed E-state index contributed by atoms with van der Waals surface area (Å²) < 4.78 is 34.3. The van der Waals surface area contributed by atoms with Gasteiger partial charge >= 0.3 is 0 Å². The van der Waals surface area contributed by atoms with Crippen molar-refractivity contribution >= 4 is 5.91 Å². The summed E-state index contributed by atoms with van der Waals surface area (Å²) in [4.78, 5) is 13.4. The molecule has 482 valence electrons. The first-order chi connectivity index (χ1) is 39.8. The number of aliphatic hydroxyl groups is 11. The maximum Gasteiger partial charge on any atom is 0.220 e. The number of unbranched alkanes of at least 4 members (excludes halogenated alkanes) is 31. The Labute approximate surface area is 492 Å². The quantitative estimate of drug-likeness (QED) is 0.0213. The highest BCUT2D eigenvalue weighted by molar-refractivity contribution is 5.76. The van der Waals surface area contributed by atoms with Crippen LogP contribution in [-0.2, 0) is 33.2 Å². The van der Waals surface area contributed by atoms with Gasteiger partial charge in [0, 0.05) is 6.42 Å². The second-order valence-corrected chi connectivity index (χ2v) is 23.6. The molecule has 17 unspecified atom stereocenters. The molecular weight excluding hydrogens is 1060 g/mol. The third-order valence-electron chi connectivity index (χ3n) is 16.5. The lowest BCUT2D eigenvalue weighted by Gasteiger charge is -2.48. The molecule has 3 aliphatic rings. The average Bonchev–Trinajstić information content (AvgIpc) is 3.25. The molecule has 0 spiro atoms. The highest BCUT2D eigenvalue weighted by Crippen LogP contribution is 2.33. The number of carbonyl (C=O) groups excluding carboxylic acids is 1. The molecule has 12 N–H and O–H groups in total. The van der Waals surface area contributed by atoms with E-state index in [4.69, 9.17) is 28.4 Å². The van der Waals surface area contributed by atoms with Crippen LogP contribution in [0.4, 0.5) is 0 Å². The Balaban J connectivity index is 1.47. The Morgan fingerprint density at radius 1 is 0.427 bits per heavy atom. The summed E-state index contributed by atoms with van der Waals surface area (Å²) in [7, 11) is 0. The Kier molecular flexibility index (Phi) is 42.2. The fourth-order valence-corrected chi connectivity index (χ4v) is 11.1. The van der Waals surface area contributed by atoms with Crippen molar-refractivity contribution in [3.05, 3.63) is 24.3 Å². The van der Waals surface area contributed by atoms with Crippen molar-refractivity contribution in [1.29, 1.82) is 0 Å². The predicted molar refractivity (Wildman–Crippen MR) is 314 cm³/mol. The van der Waals surface area contributed by atoms with E-state index in [9.17, 15) is 61.0 Å². The molecule has 0 bridgehead atoms. The van der Waals surface area contributed by atoms with E-state index in [1.165, 1.54) is 167 Å². The number of aliphatic hydroxyl groups excluding tert-OH is 11. The monoisotopic (exact) mass is 1180 g/mol. The van der Waals surface area contributed by atoms with Gasteiger partial charge in [-0.3, -0.25) is 4.79 Å². The first-order valence-electron chi connectivity index (χ1n) is 32.6. The van der Waals surface area contributed by atoms with Crippen molar-refractivity contribution in [1.82, 2.24) is 5.32 Å². The van der Waals surface area contributed by atoms with Crippen molar-refractivity contribution in [3.8, 4) is 0 Å². The molecule has 3 heterocycles. The van der Waals surface area contributed by atoms with E-state index in [-0.39, 0.29) is 18.9 Å². The lowest BCUT2D eigenvalue weighted by Crippen LogP contribution is -2.66. The minimum Gasteiger partial charge on any atom is -0.394 e. The zero-order valence-corrected chi connectivity index (χ0v) is 50.5. The summed E-state index contributed by atoms with van der Waals surface area (Å²) in [5.74, 6) is -0.282. The van der Waals surface area contributed by atoms with E-state index in [0.717, 1.165) is 38.5 Å². The SMILES string of the molecule is CCCCCCCCCCCC/C=C/CC/C=C/C(O)C(COC1OC(CO)C(OC2OC(CO)C(OC3OC(CO)C(O)C(O)C3O)C(O)C2O)C(O)C1O)NC(=O)CCCCCCCCCCCCCCCCCCCCCCC. The number of hydrogen-bond donors (Lipinski definition) is 12. The van der Waals surface area contributed by atoms with Gasteiger partial charge < -0.3 is 89.9 Å². The maximum atomic E-state index is 13.4. The lowest BCUT2D eigenvalue weighted by molar-refractivity contribution is -0.379. The normalized spacial score (nSPS) is 29.7. The molecule has 17 atom stereocenters. The van der Waals surface area contributed by atoms with Gasteiger partial charge in [0.1, 0.15) is 73.2 Å². The van der Waals surface area contributed by atoms with Crippen LogP contribution in [0.2, 0.25) is 0 Å². The van der Waals surface area contributed by atoms with Crippen LogP contribution in [0.15, 0.2) is 24.3 Å². The zero-order valence-electron chi connectivity index (χ0n) is 50.5. The Bertz CT molecular complexity index is 1590. The fourth-order valence-electron chi connectivity index (χ4n) is 11.1. The number of ether oxygens (including phenoxy) is 6. The highest BCUT2D eigenvalue weighted by Gasteiger charge is 2.53. The second kappa shape index (κ2) is 46.4. The molecule has 3 aliphatic heterocycles. The summed E-state index contributed by atoms with van der Waals surface area (Å²) in [5.41, 5.74) is 0. The van der Waals surface area contributed by atoms with Gasteiger partial charge in [0.25, 0.3) is 0 Å². The Morgan fingerprint density at radius 2 is 0.780 bits per heavy atom. The van der Waals surface area contributed by atoms with Gasteiger partial charge in [0.15, 0.2) is 18.9 Å². The van der Waals surface area contributed by atoms with Crippen LogP contribution in [0.1, 0.15) is 239 Å². The lowest BCUT2D eigenvalue weighted by atomic mass is 9.96. The highest BCUT2D eigenvalue weighted by atomic mass is 16.8. The summed E-state index contributed by atoms with van der Waals surface area (Å²) in [5, 5.41) is 120. The van der Waals surface area contributed by atoms with Crippen molar-refractivity contribution in [2.75, 3.05) is 26.4 Å². The number of carbonyl (C=O) groups is 1. The fraction of sp³-hybridized carbons (Fsp3) is 0.921. The molecule has 3 saturated heterocycles. The van der Waals surface area contributed by atoms with Crippen LogP contribution in [0, 0.1) is 0 Å². The molecule has 0 aromatic carbocycles. The number of rotatable bonds is 49. The Morgan fingerprint density at radius 3 is 1.22 bits per heavy atom. The molecule has 19 nitrogen and oxygen atoms in total. The van der Waals surface area contributed by atoms with Gasteiger partial charge in [-0.15, -0.1) is 0 Å². The minimum atomic E-state index is -1.98. The van der Waals surface area contributed by atoms with Crippen molar-refractivity contribution in [3.63, 3.8) is 0 Å². The molecule has 0 aliphatic carbocycles. The maximum absolute atomic E-state index is 13.4. The van der Waals surface area contributed by atoms with Gasteiger partial charge in [-0.25, -0.2) is 0 Å². The number of allylic oxidation sites excluding steroid dienone is 3. The van der Waals surface area contributed by atoms with Crippen LogP contribution in [-0.4, -0.2) is 193 Å². The minimum absolute atomic E-state index is 0.240. The summed E-state index contributed by atoms with van der Waals surface area (Å²) in [6.07, 6.45) is 23.0. The first-order valence-corrected chi connectivity index (χ1v) is 32.6. The van der Waals surface area contributed by atoms with Crippen LogP contribution in [0.25, 0.3) is 0 Å². The molecule has 0 saturated carbocycles. The van der Waals surface area contributed by atoms with Crippen LogP contribution in [0.5, 0.6) is 0 Å². The largest absolute Gasteiger partial charge is 0.394 e. The molecule has 3 fully saturated rings. The summed E-state index contributed by atoms with van der Waals surface area (Å²) >= 11 is 0. The van der Waals surface area contributed by atoms with Crippen molar-refractivity contribution in [2.45, 2.75) is 343 Å². The van der Waals surface area contributed by atoms with Gasteiger partial charge in [-0.1, -0.05) is 224 Å². The van der Waals surface area contributed by atoms with Crippen LogP contribution < -0.4 is 5.32 Å². The zero-order chi connectivity index (χ0) is 59.7. The summed E-state index contributed by atoms with van der Waals surface area (Å²) in [6.45, 7) is 1.73. The Hall–Kier alpha value is -1.73. The van der Waals surface area contributed by atoms with Gasteiger partial charge in [-0.05, 0) is 32.1 Å². The predicted octanol–water partition coefficient (Wildman–Crippen LogP) is 7.10. The number of nitrogens with one attached hydrogen (secondary N) is 1. The molecule has 0 aromatic heterocycles. The number of amides is 1. The third kappa shape index (κ3) is 29.3. The van der Waals surface area contributed by atoms with Crippen molar-refractivity contribution in [2.24, 2.45) is 0 Å². The van der Waals surface area contributed by atoms with E-state index in [0.29, 0.717) is 12.8 Å². The van der Waals surface area contributed by atoms with E-state index in [2.05, 4.69) is 31.3 Å². The molecule has 0 radical (unpaired) electrons. The summed E-state index contributed by atoms with van der Waals surface area (Å²) in [6, 6.07) is -0.985. The van der Waals surface area contributed by atoms with E-state index >= 15 is 0 Å². The standard InChI is InChI=1S/C63H117NO18/c1-3-5-7-9-11-13-15-17-19-21-22-23-24-25-27-29-31-33-35-37-39-41-51(69)64-46(47(68)40-38-36-34-32-30-28-26-20-18-16-14-12-10-8-6-4-2)45-77-61-57(75)54(72)59(49(43-66)79-61)82-63-58(76)55(73)60(50(44-67)80-63)81-62-56(74)53(71)52(70)48(42-65)78-62/h30,32,38,40,46-50,52-63,65-68,70-76H,3-29,31,33-37,39,41-45H2,1-2H3,(H,64,69)/b32-30+,40-38+. The van der Waals surface area contributed by atoms with Crippen LogP contribution in [0.3, 0.4) is 0 Å². The van der Waals surface area contributed by atoms with Gasteiger partial charge in [0.2, 0.25) is 5.91 Å². The number of hydrogen-bond acceptors (Lipinski definition) is 18. The molecule has 3 rings (SSSR count). The molecule has 19 heteroatoms. The van der Waals surface area contributed by atoms with E-state index in [1.807, 2.05) is 6.08 Å². The molecule has 82 heavy (non-hydrogen) atoms. The van der Waals surface area contributed by atoms with Gasteiger partial charge in [-0.2, -0.15) is 0 Å². The topological polar surface area (TPSA) is 307 Å². The van der Waals surface area contributed by atoms with Crippen LogP contribution >= 0.6 is 0 Å². The first kappa shape index (κ1) is 74.5. The van der Waals surface area contributed by atoms with E-state index in [1.54, 1.807) is 6.08 Å². The molecule has 0 aromatic rings. The van der Waals surface area contributed by atoms with Gasteiger partial charge in [0.05, 0.1) is 38.6 Å². The average molecular weight is 1180 g/mol. The van der Waals surface area contributed by atoms with E-state index < -0.39 is 124 Å². The smallest absolute Gasteiger partial charge is 0.220 e.